The summed E-state index contributed by atoms with van der Waals surface area (Å²) in [6.07, 6.45) is -1.69. The Hall–Kier alpha value is -4.24. The summed E-state index contributed by atoms with van der Waals surface area (Å²) in [6.45, 7) is -0.898. The average Bonchev–Trinajstić information content (AvgIpc) is 2.80. The SMILES string of the molecule is NC(=O)CCC(NC(=O)C(CO)NC(=O)C(N)Cc1ccc(O)cc1)C(=O)NC(CC(=O)O)C(=O)O. The van der Waals surface area contributed by atoms with Gasteiger partial charge in [0.25, 0.3) is 0 Å². The van der Waals surface area contributed by atoms with Gasteiger partial charge in [0.15, 0.2) is 0 Å². The Morgan fingerprint density at radius 2 is 1.36 bits per heavy atom. The van der Waals surface area contributed by atoms with Crippen molar-refractivity contribution in [3.63, 3.8) is 0 Å². The van der Waals surface area contributed by atoms with Crippen molar-refractivity contribution in [3.05, 3.63) is 29.8 Å². The van der Waals surface area contributed by atoms with Crippen LogP contribution in [-0.2, 0) is 35.2 Å². The average molecular weight is 511 g/mol. The number of benzene rings is 1. The maximum absolute atomic E-state index is 12.6. The molecule has 15 heteroatoms. The molecule has 0 fully saturated rings. The molecule has 11 N–H and O–H groups in total. The molecule has 4 amide bonds. The van der Waals surface area contributed by atoms with Crippen LogP contribution in [-0.4, -0.2) is 86.8 Å². The summed E-state index contributed by atoms with van der Waals surface area (Å²) in [4.78, 5) is 70.8. The molecule has 0 heterocycles. The van der Waals surface area contributed by atoms with Crippen LogP contribution in [0.2, 0.25) is 0 Å². The van der Waals surface area contributed by atoms with Crippen LogP contribution < -0.4 is 27.4 Å². The minimum Gasteiger partial charge on any atom is -0.508 e. The minimum atomic E-state index is -1.82. The van der Waals surface area contributed by atoms with Crippen LogP contribution >= 0.6 is 0 Å². The van der Waals surface area contributed by atoms with Gasteiger partial charge in [0.1, 0.15) is 23.9 Å². The van der Waals surface area contributed by atoms with E-state index < -0.39 is 79.2 Å². The second kappa shape index (κ2) is 14.2. The number of primary amides is 1. The second-order valence-corrected chi connectivity index (χ2v) is 7.78. The maximum Gasteiger partial charge on any atom is 0.326 e. The number of nitrogens with two attached hydrogens (primary N) is 2. The number of carboxylic acids is 2. The van der Waals surface area contributed by atoms with Crippen LogP contribution in [0, 0.1) is 0 Å². The molecule has 1 aromatic carbocycles. The van der Waals surface area contributed by atoms with Crippen LogP contribution in [0.25, 0.3) is 0 Å². The normalized spacial score (nSPS) is 13.9. The van der Waals surface area contributed by atoms with E-state index >= 15 is 0 Å². The van der Waals surface area contributed by atoms with Crippen molar-refractivity contribution in [3.8, 4) is 5.75 Å². The van der Waals surface area contributed by atoms with Crippen molar-refractivity contribution in [1.29, 1.82) is 0 Å². The Bertz CT molecular complexity index is 968. The topological polar surface area (TPSA) is 271 Å². The molecule has 1 rings (SSSR count). The Morgan fingerprint density at radius 3 is 1.86 bits per heavy atom. The number of phenolic OH excluding ortho intramolecular Hbond substituents is 1. The van der Waals surface area contributed by atoms with E-state index in [1.807, 2.05) is 5.32 Å². The molecule has 0 aliphatic rings. The van der Waals surface area contributed by atoms with Crippen molar-refractivity contribution >= 4 is 35.6 Å². The van der Waals surface area contributed by atoms with Crippen molar-refractivity contribution in [2.24, 2.45) is 11.5 Å². The number of aliphatic carboxylic acids is 2. The second-order valence-electron chi connectivity index (χ2n) is 7.78. The zero-order valence-electron chi connectivity index (χ0n) is 19.0. The summed E-state index contributed by atoms with van der Waals surface area (Å²) >= 11 is 0. The monoisotopic (exact) mass is 511 g/mol. The molecule has 1 aromatic rings. The maximum atomic E-state index is 12.6. The van der Waals surface area contributed by atoms with Gasteiger partial charge in [-0.1, -0.05) is 12.1 Å². The fourth-order valence-electron chi connectivity index (χ4n) is 2.93. The van der Waals surface area contributed by atoms with Crippen LogP contribution in [0.5, 0.6) is 5.75 Å². The standard InChI is InChI=1S/C21H29N5O10/c22-12(7-10-1-3-11(28)4-2-10)18(32)26-15(9-27)20(34)24-13(5-6-16(23)29)19(33)25-14(21(35)36)8-17(30)31/h1-4,12-15,27-28H,5-9,22H2,(H2,23,29)(H,24,34)(H,25,33)(H,26,32)(H,30,31)(H,35,36). The third-order valence-electron chi connectivity index (χ3n) is 4.85. The van der Waals surface area contributed by atoms with Crippen LogP contribution in [0.15, 0.2) is 24.3 Å². The molecule has 0 saturated carbocycles. The van der Waals surface area contributed by atoms with Crippen LogP contribution in [0.1, 0.15) is 24.8 Å². The zero-order valence-corrected chi connectivity index (χ0v) is 19.0. The van der Waals surface area contributed by atoms with Gasteiger partial charge in [-0.15, -0.1) is 0 Å². The van der Waals surface area contributed by atoms with Gasteiger partial charge in [-0.05, 0) is 30.5 Å². The first-order valence-electron chi connectivity index (χ1n) is 10.6. The number of hydrogen-bond donors (Lipinski definition) is 9. The molecule has 0 radical (unpaired) electrons. The smallest absolute Gasteiger partial charge is 0.326 e. The molecule has 0 aliphatic carbocycles. The van der Waals surface area contributed by atoms with E-state index in [-0.39, 0.29) is 18.6 Å². The number of rotatable bonds is 15. The predicted octanol–water partition coefficient (Wildman–Crippen LogP) is -3.47. The van der Waals surface area contributed by atoms with Crippen molar-refractivity contribution in [1.82, 2.24) is 16.0 Å². The summed E-state index contributed by atoms with van der Waals surface area (Å²) in [6, 6.07) is -0.213. The number of carboxylic acid groups (broad SMARTS) is 2. The third-order valence-corrected chi connectivity index (χ3v) is 4.85. The van der Waals surface area contributed by atoms with E-state index in [0.29, 0.717) is 5.56 Å². The van der Waals surface area contributed by atoms with E-state index in [1.165, 1.54) is 24.3 Å². The van der Waals surface area contributed by atoms with Crippen LogP contribution in [0.3, 0.4) is 0 Å². The highest BCUT2D eigenvalue weighted by Crippen LogP contribution is 2.11. The summed E-state index contributed by atoms with van der Waals surface area (Å²) in [5.74, 6) is -6.97. The summed E-state index contributed by atoms with van der Waals surface area (Å²) in [5.41, 5.74) is 11.5. The fraction of sp³-hybridized carbons (Fsp3) is 0.429. The molecule has 0 saturated heterocycles. The lowest BCUT2D eigenvalue weighted by Crippen LogP contribution is -2.58. The minimum absolute atomic E-state index is 0.0151. The largest absolute Gasteiger partial charge is 0.508 e. The Balaban J connectivity index is 2.88. The van der Waals surface area contributed by atoms with E-state index in [9.17, 15) is 39.0 Å². The molecule has 0 bridgehead atoms. The van der Waals surface area contributed by atoms with Crippen molar-refractivity contribution < 1.29 is 49.2 Å². The van der Waals surface area contributed by atoms with Gasteiger partial charge in [-0.25, -0.2) is 4.79 Å². The lowest BCUT2D eigenvalue weighted by molar-refractivity contribution is -0.147. The number of aromatic hydroxyl groups is 1. The molecule has 4 unspecified atom stereocenters. The van der Waals surface area contributed by atoms with Gasteiger partial charge in [0.05, 0.1) is 19.1 Å². The summed E-state index contributed by atoms with van der Waals surface area (Å²) in [7, 11) is 0. The number of amides is 4. The third kappa shape index (κ3) is 10.4. The first-order valence-corrected chi connectivity index (χ1v) is 10.6. The van der Waals surface area contributed by atoms with Gasteiger partial charge < -0.3 is 47.8 Å². The Morgan fingerprint density at radius 1 is 0.833 bits per heavy atom. The quantitative estimate of drug-likeness (QED) is 0.112. The van der Waals surface area contributed by atoms with Crippen LogP contribution in [0.4, 0.5) is 0 Å². The molecule has 36 heavy (non-hydrogen) atoms. The van der Waals surface area contributed by atoms with Gasteiger partial charge in [0.2, 0.25) is 23.6 Å². The summed E-state index contributed by atoms with van der Waals surface area (Å²) in [5, 5.41) is 43.2. The number of hydrogen-bond acceptors (Lipinski definition) is 9. The number of aliphatic hydroxyl groups is 1. The first-order chi connectivity index (χ1) is 16.8. The van der Waals surface area contributed by atoms with Gasteiger partial charge >= 0.3 is 11.9 Å². The summed E-state index contributed by atoms with van der Waals surface area (Å²) < 4.78 is 0. The van der Waals surface area contributed by atoms with Gasteiger partial charge in [0, 0.05) is 6.42 Å². The van der Waals surface area contributed by atoms with Gasteiger partial charge in [-0.2, -0.15) is 0 Å². The number of aliphatic hydroxyl groups excluding tert-OH is 1. The number of carbonyl (C=O) groups is 6. The number of carbonyl (C=O) groups excluding carboxylic acids is 4. The van der Waals surface area contributed by atoms with E-state index in [0.717, 1.165) is 0 Å². The van der Waals surface area contributed by atoms with Crippen molar-refractivity contribution in [2.45, 2.75) is 49.9 Å². The molecular formula is C21H29N5O10. The van der Waals surface area contributed by atoms with Crippen molar-refractivity contribution in [2.75, 3.05) is 6.61 Å². The highest BCUT2D eigenvalue weighted by atomic mass is 16.4. The predicted molar refractivity (Wildman–Crippen MR) is 121 cm³/mol. The molecule has 4 atom stereocenters. The number of phenols is 1. The highest BCUT2D eigenvalue weighted by molar-refractivity contribution is 5.95. The molecule has 0 aliphatic heterocycles. The number of nitrogens with one attached hydrogen (secondary N) is 3. The molecule has 198 valence electrons. The van der Waals surface area contributed by atoms with E-state index in [1.54, 1.807) is 0 Å². The Kier molecular flexibility index (Phi) is 11.8. The van der Waals surface area contributed by atoms with Gasteiger partial charge in [-0.3, -0.25) is 24.0 Å². The lowest BCUT2D eigenvalue weighted by Gasteiger charge is -2.24. The zero-order chi connectivity index (χ0) is 27.4. The van der Waals surface area contributed by atoms with E-state index in [2.05, 4.69) is 10.6 Å². The molecule has 15 nitrogen and oxygen atoms in total. The molecular weight excluding hydrogens is 482 g/mol. The fourth-order valence-corrected chi connectivity index (χ4v) is 2.93. The lowest BCUT2D eigenvalue weighted by atomic mass is 10.1. The highest BCUT2D eigenvalue weighted by Gasteiger charge is 2.31. The molecule has 0 spiro atoms. The van der Waals surface area contributed by atoms with E-state index in [4.69, 9.17) is 21.7 Å². The Labute approximate surface area is 204 Å². The first kappa shape index (κ1) is 29.8. The molecule has 0 aromatic heterocycles.